The molecule has 47 heavy (non-hydrogen) atoms. The van der Waals surface area contributed by atoms with Gasteiger partial charge >= 0.3 is 0 Å². The van der Waals surface area contributed by atoms with E-state index < -0.39 is 11.9 Å². The molecule has 3 aliphatic rings. The molecule has 3 atom stereocenters. The summed E-state index contributed by atoms with van der Waals surface area (Å²) in [7, 11) is 0. The fourth-order valence-electron chi connectivity index (χ4n) is 8.14. The summed E-state index contributed by atoms with van der Waals surface area (Å²) in [5.74, 6) is 0.382. The van der Waals surface area contributed by atoms with Crippen LogP contribution in [0.1, 0.15) is 97.0 Å². The summed E-state index contributed by atoms with van der Waals surface area (Å²) < 4.78 is 23.1. The predicted octanol–water partition coefficient (Wildman–Crippen LogP) is 8.22. The van der Waals surface area contributed by atoms with Gasteiger partial charge in [0.2, 0.25) is 0 Å². The number of aromatic nitrogens is 1. The molecule has 5 nitrogen and oxygen atoms in total. The number of hydrogen-bond donors (Lipinski definition) is 1. The van der Waals surface area contributed by atoms with Gasteiger partial charge in [-0.05, 0) is 111 Å². The molecule has 1 N–H and O–H groups in total. The topological polar surface area (TPSA) is 68.5 Å². The number of ether oxygens (including phenoxy) is 1. The number of ketones is 1. The van der Waals surface area contributed by atoms with Crippen LogP contribution >= 0.6 is 0 Å². The SMILES string of the molecule is CCc1ccc2c(c1)[C@@H](CC[C@@H](O)[C@@H](CC(=O)c1cc(-c3ccccc3F)c(=O)n3c1CCC3)Cc1ccccc1)CC1(CCC1)O2. The van der Waals surface area contributed by atoms with Crippen molar-refractivity contribution >= 4 is 5.78 Å². The fraction of sp³-hybridized carbons (Fsp3) is 0.415. The number of carbonyl (C=O) groups is 1. The molecule has 1 saturated carbocycles. The molecular weight excluding hydrogens is 589 g/mol. The second kappa shape index (κ2) is 13.2. The van der Waals surface area contributed by atoms with Gasteiger partial charge in [-0.25, -0.2) is 4.39 Å². The predicted molar refractivity (Wildman–Crippen MR) is 183 cm³/mol. The summed E-state index contributed by atoms with van der Waals surface area (Å²) in [5, 5.41) is 11.9. The van der Waals surface area contributed by atoms with Crippen LogP contribution in [-0.2, 0) is 25.8 Å². The number of fused-ring (bicyclic) bond motifs is 2. The first-order chi connectivity index (χ1) is 22.8. The number of aliphatic hydroxyl groups is 1. The highest BCUT2D eigenvalue weighted by atomic mass is 19.1. The van der Waals surface area contributed by atoms with Crippen LogP contribution < -0.4 is 10.3 Å². The standard InChI is InChI=1S/C41H44FNO4/c1-2-27-15-18-39-32(23-27)29(26-41(47-39)19-9-20-41)16-17-37(44)30(22-28-10-4-3-5-11-28)24-38(45)34-25-33(31-12-6-7-13-35(31)42)40(46)43-21-8-14-36(34)43/h3-7,10-13,15,18,23,25,29-30,37,44H,2,8-9,14,16-17,19-22,24,26H2,1H3/t29-,30+,37+/m0/s1. The van der Waals surface area contributed by atoms with Crippen LogP contribution in [0.5, 0.6) is 5.75 Å². The van der Waals surface area contributed by atoms with Gasteiger partial charge in [-0.1, -0.05) is 67.6 Å². The van der Waals surface area contributed by atoms with Crippen LogP contribution in [0.15, 0.2) is 83.7 Å². The summed E-state index contributed by atoms with van der Waals surface area (Å²) in [6, 6.07) is 24.5. The van der Waals surface area contributed by atoms with Gasteiger partial charge in [-0.15, -0.1) is 0 Å². The average Bonchev–Trinajstić information content (AvgIpc) is 3.57. The number of benzene rings is 3. The second-order valence-electron chi connectivity index (χ2n) is 13.9. The third-order valence-electron chi connectivity index (χ3n) is 10.9. The van der Waals surface area contributed by atoms with Gasteiger partial charge < -0.3 is 14.4 Å². The van der Waals surface area contributed by atoms with Crippen molar-refractivity contribution in [3.63, 3.8) is 0 Å². The van der Waals surface area contributed by atoms with Crippen LogP contribution in [0.25, 0.3) is 11.1 Å². The van der Waals surface area contributed by atoms with E-state index in [0.29, 0.717) is 37.3 Å². The first kappa shape index (κ1) is 31.6. The summed E-state index contributed by atoms with van der Waals surface area (Å²) >= 11 is 0. The van der Waals surface area contributed by atoms with Gasteiger partial charge in [0.05, 0.1) is 11.7 Å². The number of aliphatic hydroxyl groups excluding tert-OH is 1. The smallest absolute Gasteiger partial charge is 0.258 e. The highest BCUT2D eigenvalue weighted by Crippen LogP contribution is 2.51. The van der Waals surface area contributed by atoms with Crippen molar-refractivity contribution in [3.05, 3.63) is 123 Å². The van der Waals surface area contributed by atoms with Crippen molar-refractivity contribution in [1.29, 1.82) is 0 Å². The van der Waals surface area contributed by atoms with Crippen molar-refractivity contribution in [1.82, 2.24) is 4.57 Å². The van der Waals surface area contributed by atoms with Crippen molar-refractivity contribution in [2.75, 3.05) is 0 Å². The molecule has 1 spiro atoms. The first-order valence-corrected chi connectivity index (χ1v) is 17.4. The third kappa shape index (κ3) is 6.32. The van der Waals surface area contributed by atoms with Gasteiger partial charge in [0.25, 0.3) is 5.56 Å². The maximum Gasteiger partial charge on any atom is 0.258 e. The van der Waals surface area contributed by atoms with Crippen molar-refractivity contribution in [2.45, 2.75) is 102 Å². The third-order valence-corrected chi connectivity index (χ3v) is 10.9. The summed E-state index contributed by atoms with van der Waals surface area (Å²) in [5.41, 5.74) is 4.89. The van der Waals surface area contributed by atoms with Crippen LogP contribution in [-0.4, -0.2) is 27.2 Å². The van der Waals surface area contributed by atoms with Gasteiger partial charge in [-0.3, -0.25) is 9.59 Å². The second-order valence-corrected chi connectivity index (χ2v) is 13.9. The quantitative estimate of drug-likeness (QED) is 0.169. The van der Waals surface area contributed by atoms with Crippen LogP contribution in [0.2, 0.25) is 0 Å². The van der Waals surface area contributed by atoms with E-state index in [-0.39, 0.29) is 40.4 Å². The maximum atomic E-state index is 14.9. The number of halogens is 1. The van der Waals surface area contributed by atoms with E-state index in [9.17, 15) is 19.1 Å². The van der Waals surface area contributed by atoms with Crippen molar-refractivity contribution < 1.29 is 19.0 Å². The molecule has 0 bridgehead atoms. The molecule has 244 valence electrons. The Hall–Kier alpha value is -4.03. The molecule has 2 aliphatic heterocycles. The van der Waals surface area contributed by atoms with Gasteiger partial charge in [-0.2, -0.15) is 0 Å². The fourth-order valence-corrected chi connectivity index (χ4v) is 8.14. The van der Waals surface area contributed by atoms with E-state index in [1.54, 1.807) is 28.8 Å². The molecular formula is C41H44FNO4. The summed E-state index contributed by atoms with van der Waals surface area (Å²) in [6.07, 6.45) is 8.07. The number of nitrogens with zero attached hydrogens (tertiary/aromatic N) is 1. The molecule has 6 heteroatoms. The number of hydrogen-bond acceptors (Lipinski definition) is 4. The van der Waals surface area contributed by atoms with Crippen LogP contribution in [0.4, 0.5) is 4.39 Å². The minimum Gasteiger partial charge on any atom is -0.487 e. The van der Waals surface area contributed by atoms with Crippen molar-refractivity contribution in [3.8, 4) is 16.9 Å². The Balaban J connectivity index is 1.16. The Kier molecular flexibility index (Phi) is 8.89. The average molecular weight is 634 g/mol. The van der Waals surface area contributed by atoms with Crippen LogP contribution in [0.3, 0.4) is 0 Å². The molecule has 0 saturated heterocycles. The van der Waals surface area contributed by atoms with E-state index in [2.05, 4.69) is 25.1 Å². The minimum atomic E-state index is -0.692. The normalized spacial score (nSPS) is 18.9. The lowest BCUT2D eigenvalue weighted by Crippen LogP contribution is -2.47. The van der Waals surface area contributed by atoms with E-state index >= 15 is 0 Å². The molecule has 1 aliphatic carbocycles. The Bertz CT molecular complexity index is 1830. The zero-order chi connectivity index (χ0) is 32.5. The van der Waals surface area contributed by atoms with E-state index in [1.807, 2.05) is 30.3 Å². The minimum absolute atomic E-state index is 0.0859. The number of aryl methyl sites for hydroxylation is 1. The molecule has 1 aromatic heterocycles. The Morgan fingerprint density at radius 2 is 1.79 bits per heavy atom. The Morgan fingerprint density at radius 3 is 2.53 bits per heavy atom. The molecule has 3 heterocycles. The number of Topliss-reactive ketones (excluding diaryl/α,β-unsaturated/α-hetero) is 1. The van der Waals surface area contributed by atoms with E-state index in [4.69, 9.17) is 4.74 Å². The molecule has 0 amide bonds. The molecule has 3 aromatic carbocycles. The number of pyridine rings is 1. The lowest BCUT2D eigenvalue weighted by atomic mass is 9.69. The van der Waals surface area contributed by atoms with E-state index in [1.165, 1.54) is 23.6 Å². The lowest BCUT2D eigenvalue weighted by Gasteiger charge is -2.48. The molecule has 1 fully saturated rings. The Morgan fingerprint density at radius 1 is 1.00 bits per heavy atom. The molecule has 0 unspecified atom stereocenters. The molecule has 4 aromatic rings. The van der Waals surface area contributed by atoms with Crippen molar-refractivity contribution in [2.24, 2.45) is 5.92 Å². The number of rotatable bonds is 11. The zero-order valence-corrected chi connectivity index (χ0v) is 27.2. The largest absolute Gasteiger partial charge is 0.487 e. The van der Waals surface area contributed by atoms with E-state index in [0.717, 1.165) is 55.5 Å². The first-order valence-electron chi connectivity index (χ1n) is 17.4. The van der Waals surface area contributed by atoms with Gasteiger partial charge in [0, 0.05) is 29.8 Å². The highest BCUT2D eigenvalue weighted by Gasteiger charge is 2.45. The highest BCUT2D eigenvalue weighted by molar-refractivity contribution is 5.98. The summed E-state index contributed by atoms with van der Waals surface area (Å²) in [4.78, 5) is 27.7. The van der Waals surface area contributed by atoms with Gasteiger partial charge in [0.15, 0.2) is 5.78 Å². The maximum absolute atomic E-state index is 14.9. The number of carbonyl (C=O) groups excluding carboxylic acids is 1. The van der Waals surface area contributed by atoms with Crippen LogP contribution in [0, 0.1) is 11.7 Å². The van der Waals surface area contributed by atoms with Gasteiger partial charge in [0.1, 0.15) is 17.2 Å². The molecule has 0 radical (unpaired) electrons. The zero-order valence-electron chi connectivity index (χ0n) is 27.2. The monoisotopic (exact) mass is 633 g/mol. The summed E-state index contributed by atoms with van der Waals surface area (Å²) in [6.45, 7) is 2.68. The lowest BCUT2D eigenvalue weighted by molar-refractivity contribution is -0.0359. The molecule has 7 rings (SSSR count). The Labute approximate surface area is 276 Å².